The summed E-state index contributed by atoms with van der Waals surface area (Å²) in [6.45, 7) is 2.43. The maximum Gasteiger partial charge on any atom is 0.227 e. The van der Waals surface area contributed by atoms with E-state index in [0.29, 0.717) is 18.1 Å². The maximum absolute atomic E-state index is 12.4. The number of amides is 1. The topological polar surface area (TPSA) is 72.7 Å². The highest BCUT2D eigenvalue weighted by molar-refractivity contribution is 7.13. The third kappa shape index (κ3) is 2.90. The summed E-state index contributed by atoms with van der Waals surface area (Å²) in [7, 11) is 0. The number of hydrogen-bond donors (Lipinski definition) is 1. The minimum Gasteiger partial charge on any atom is -0.323 e. The number of nitrogens with zero attached hydrogens (tertiary/aromatic N) is 4. The molecular weight excluding hydrogens is 370 g/mol. The normalized spacial score (nSPS) is 11.5. The van der Waals surface area contributed by atoms with Crippen molar-refractivity contribution in [3.8, 4) is 0 Å². The van der Waals surface area contributed by atoms with E-state index in [0.717, 1.165) is 38.8 Å². The minimum absolute atomic E-state index is 0.0611. The van der Waals surface area contributed by atoms with Crippen LogP contribution in [-0.2, 0) is 11.3 Å². The van der Waals surface area contributed by atoms with E-state index in [-0.39, 0.29) is 5.91 Å². The fourth-order valence-corrected chi connectivity index (χ4v) is 4.12. The van der Waals surface area contributed by atoms with Gasteiger partial charge in [0.05, 0.1) is 22.2 Å². The number of thiazole rings is 1. The van der Waals surface area contributed by atoms with Gasteiger partial charge >= 0.3 is 0 Å². The van der Waals surface area contributed by atoms with Crippen LogP contribution in [0.2, 0.25) is 0 Å². The van der Waals surface area contributed by atoms with Gasteiger partial charge in [-0.25, -0.2) is 15.0 Å². The number of aryl methyl sites for hydroxylation is 2. The lowest BCUT2D eigenvalue weighted by molar-refractivity contribution is -0.116. The highest BCUT2D eigenvalue weighted by atomic mass is 32.1. The van der Waals surface area contributed by atoms with Crippen LogP contribution in [0.1, 0.15) is 12.1 Å². The van der Waals surface area contributed by atoms with E-state index in [2.05, 4.69) is 20.9 Å². The molecule has 0 atom stereocenters. The van der Waals surface area contributed by atoms with Gasteiger partial charge in [-0.2, -0.15) is 0 Å². The molecule has 0 unspecified atom stereocenters. The van der Waals surface area contributed by atoms with Crippen molar-refractivity contribution in [2.24, 2.45) is 0 Å². The highest BCUT2D eigenvalue weighted by Crippen LogP contribution is 2.28. The van der Waals surface area contributed by atoms with Gasteiger partial charge in [0.2, 0.25) is 5.91 Å². The number of hydrogen-bond acceptors (Lipinski definition) is 5. The van der Waals surface area contributed by atoms with E-state index in [9.17, 15) is 4.79 Å². The van der Waals surface area contributed by atoms with Gasteiger partial charge < -0.3 is 9.88 Å². The van der Waals surface area contributed by atoms with Crippen molar-refractivity contribution in [2.45, 2.75) is 19.9 Å². The van der Waals surface area contributed by atoms with E-state index < -0.39 is 0 Å². The fourth-order valence-electron chi connectivity index (χ4n) is 3.42. The molecule has 0 saturated heterocycles. The van der Waals surface area contributed by atoms with E-state index in [1.807, 2.05) is 54.8 Å². The molecule has 138 valence electrons. The minimum atomic E-state index is -0.0611. The van der Waals surface area contributed by atoms with E-state index >= 15 is 0 Å². The van der Waals surface area contributed by atoms with Crippen LogP contribution in [0.5, 0.6) is 0 Å². The van der Waals surface area contributed by atoms with Crippen LogP contribution in [0.25, 0.3) is 33.1 Å². The molecule has 0 aliphatic rings. The van der Waals surface area contributed by atoms with Crippen LogP contribution < -0.4 is 5.32 Å². The lowest BCUT2D eigenvalue weighted by Crippen LogP contribution is -2.14. The number of nitrogens with one attached hydrogen (secondary N) is 1. The van der Waals surface area contributed by atoms with Crippen LogP contribution in [-0.4, -0.2) is 25.4 Å². The lowest BCUT2D eigenvalue weighted by Gasteiger charge is -2.07. The van der Waals surface area contributed by atoms with Gasteiger partial charge in [0.1, 0.15) is 5.52 Å². The molecule has 2 aromatic carbocycles. The number of benzene rings is 2. The zero-order valence-electron chi connectivity index (χ0n) is 15.2. The largest absolute Gasteiger partial charge is 0.323 e. The van der Waals surface area contributed by atoms with E-state index in [1.54, 1.807) is 0 Å². The Labute approximate surface area is 164 Å². The Hall–Kier alpha value is -3.32. The second-order valence-electron chi connectivity index (χ2n) is 6.65. The summed E-state index contributed by atoms with van der Waals surface area (Å²) < 4.78 is 2.08. The summed E-state index contributed by atoms with van der Waals surface area (Å²) in [5.74, 6) is -0.0611. The number of rotatable bonds is 4. The molecule has 0 aliphatic heterocycles. The van der Waals surface area contributed by atoms with Crippen molar-refractivity contribution >= 4 is 55.5 Å². The molecule has 5 aromatic rings. The zero-order valence-corrected chi connectivity index (χ0v) is 16.0. The Bertz CT molecular complexity index is 1340. The molecule has 5 rings (SSSR count). The Morgan fingerprint density at radius 3 is 2.57 bits per heavy atom. The van der Waals surface area contributed by atoms with Crippen LogP contribution in [0.4, 0.5) is 5.13 Å². The van der Waals surface area contributed by atoms with E-state index in [4.69, 9.17) is 9.97 Å². The Kier molecular flexibility index (Phi) is 4.02. The van der Waals surface area contributed by atoms with Gasteiger partial charge in [0.25, 0.3) is 0 Å². The molecule has 1 N–H and O–H groups in total. The maximum atomic E-state index is 12.4. The van der Waals surface area contributed by atoms with Crippen molar-refractivity contribution in [3.05, 3.63) is 59.6 Å². The highest BCUT2D eigenvalue weighted by Gasteiger charge is 2.15. The molecule has 7 heteroatoms. The molecule has 0 bridgehead atoms. The quantitative estimate of drug-likeness (QED) is 0.492. The lowest BCUT2D eigenvalue weighted by atomic mass is 10.2. The van der Waals surface area contributed by atoms with Crippen molar-refractivity contribution in [1.82, 2.24) is 19.5 Å². The molecule has 3 heterocycles. The van der Waals surface area contributed by atoms with Crippen molar-refractivity contribution in [3.63, 3.8) is 0 Å². The molecule has 0 aliphatic carbocycles. The van der Waals surface area contributed by atoms with Crippen LogP contribution in [0, 0.1) is 6.92 Å². The first kappa shape index (κ1) is 16.8. The Morgan fingerprint density at radius 2 is 1.79 bits per heavy atom. The smallest absolute Gasteiger partial charge is 0.227 e. The van der Waals surface area contributed by atoms with Crippen molar-refractivity contribution < 1.29 is 4.79 Å². The van der Waals surface area contributed by atoms with Gasteiger partial charge in [0.15, 0.2) is 10.8 Å². The van der Waals surface area contributed by atoms with Crippen LogP contribution >= 0.6 is 11.3 Å². The number of carbonyl (C=O) groups excluding carboxylic acids is 1. The molecule has 0 radical (unpaired) electrons. The summed E-state index contributed by atoms with van der Waals surface area (Å²) in [4.78, 5) is 26.4. The summed E-state index contributed by atoms with van der Waals surface area (Å²) in [6.07, 6.45) is 0.334. The molecule has 0 spiro atoms. The van der Waals surface area contributed by atoms with Gasteiger partial charge in [-0.3, -0.25) is 4.79 Å². The van der Waals surface area contributed by atoms with Crippen LogP contribution in [0.15, 0.2) is 53.9 Å². The SMILES string of the molecule is Cc1csc(NC(=O)CCn2c3ccccc3c3nc4ccccc4nc32)n1. The first-order chi connectivity index (χ1) is 13.7. The number of anilines is 1. The summed E-state index contributed by atoms with van der Waals surface area (Å²) >= 11 is 1.44. The first-order valence-corrected chi connectivity index (χ1v) is 9.93. The predicted molar refractivity (Wildman–Crippen MR) is 113 cm³/mol. The Balaban J connectivity index is 1.53. The standard InChI is InChI=1S/C21H17N5OS/c1-13-12-28-21(22-13)25-18(27)10-11-26-17-9-5-2-6-14(17)19-20(26)24-16-8-4-3-7-15(16)23-19/h2-9,12H,10-11H2,1H3,(H,22,25,27). The monoisotopic (exact) mass is 387 g/mol. The van der Waals surface area contributed by atoms with Gasteiger partial charge in [-0.15, -0.1) is 11.3 Å². The average Bonchev–Trinajstić information content (AvgIpc) is 3.25. The van der Waals surface area contributed by atoms with Gasteiger partial charge in [-0.05, 0) is 25.1 Å². The average molecular weight is 387 g/mol. The Morgan fingerprint density at radius 1 is 1.04 bits per heavy atom. The third-order valence-electron chi connectivity index (χ3n) is 4.69. The second-order valence-corrected chi connectivity index (χ2v) is 7.50. The number of para-hydroxylation sites is 3. The first-order valence-electron chi connectivity index (χ1n) is 9.05. The molecule has 6 nitrogen and oxygen atoms in total. The predicted octanol–water partition coefficient (Wildman–Crippen LogP) is 4.53. The van der Waals surface area contributed by atoms with Crippen molar-refractivity contribution in [2.75, 3.05) is 5.32 Å². The summed E-state index contributed by atoms with van der Waals surface area (Å²) in [5, 5.41) is 6.47. The van der Waals surface area contributed by atoms with Crippen molar-refractivity contribution in [1.29, 1.82) is 0 Å². The second kappa shape index (κ2) is 6.69. The summed E-state index contributed by atoms with van der Waals surface area (Å²) in [6, 6.07) is 15.9. The molecule has 0 saturated carbocycles. The number of fused-ring (bicyclic) bond motifs is 4. The van der Waals surface area contributed by atoms with Gasteiger partial charge in [0, 0.05) is 23.7 Å². The molecular formula is C21H17N5OS. The fraction of sp³-hybridized carbons (Fsp3) is 0.143. The third-order valence-corrected chi connectivity index (χ3v) is 5.56. The summed E-state index contributed by atoms with van der Waals surface area (Å²) in [5.41, 5.74) is 5.33. The van der Waals surface area contributed by atoms with Crippen LogP contribution in [0.3, 0.4) is 0 Å². The van der Waals surface area contributed by atoms with E-state index in [1.165, 1.54) is 11.3 Å². The number of aromatic nitrogens is 4. The molecule has 28 heavy (non-hydrogen) atoms. The number of carbonyl (C=O) groups is 1. The molecule has 0 fully saturated rings. The zero-order chi connectivity index (χ0) is 19.1. The van der Waals surface area contributed by atoms with Gasteiger partial charge in [-0.1, -0.05) is 30.3 Å². The molecule has 3 aromatic heterocycles. The molecule has 1 amide bonds.